The number of phenols is 1. The van der Waals surface area contributed by atoms with E-state index in [4.69, 9.17) is 14.5 Å². The van der Waals surface area contributed by atoms with Crippen LogP contribution < -0.4 is 10.7 Å². The first-order valence-electron chi connectivity index (χ1n) is 19.7. The number of ether oxygens (including phenoxy) is 2. The van der Waals surface area contributed by atoms with E-state index in [2.05, 4.69) is 47.4 Å². The van der Waals surface area contributed by atoms with Gasteiger partial charge in [0.1, 0.15) is 23.9 Å². The van der Waals surface area contributed by atoms with E-state index >= 15 is 0 Å². The normalized spacial score (nSPS) is 19.8. The third kappa shape index (κ3) is 8.69. The van der Waals surface area contributed by atoms with E-state index in [-0.39, 0.29) is 36.7 Å². The maximum Gasteiger partial charge on any atom is 0.324 e. The van der Waals surface area contributed by atoms with Crippen molar-refractivity contribution in [2.75, 3.05) is 27.3 Å². The molecule has 13 heteroatoms. The minimum atomic E-state index is -1.09. The zero-order valence-corrected chi connectivity index (χ0v) is 34.5. The van der Waals surface area contributed by atoms with E-state index in [1.54, 1.807) is 32.5 Å². The molecule has 57 heavy (non-hydrogen) atoms. The third-order valence-corrected chi connectivity index (χ3v) is 11.3. The molecule has 304 valence electrons. The number of aromatic hydroxyl groups is 1. The van der Waals surface area contributed by atoms with Crippen LogP contribution in [0.1, 0.15) is 77.3 Å². The summed E-state index contributed by atoms with van der Waals surface area (Å²) in [5, 5.41) is 16.5. The van der Waals surface area contributed by atoms with Gasteiger partial charge in [0.25, 0.3) is 5.91 Å². The van der Waals surface area contributed by atoms with Crippen LogP contribution in [0.3, 0.4) is 0 Å². The van der Waals surface area contributed by atoms with Gasteiger partial charge in [0.2, 0.25) is 11.8 Å². The number of hydrogen-bond acceptors (Lipinski definition) is 9. The van der Waals surface area contributed by atoms with E-state index in [1.807, 2.05) is 46.0 Å². The molecule has 0 spiro atoms. The number of likely N-dealkylation sites (N-methyl/N-ethyl adjacent to an activating group) is 1. The van der Waals surface area contributed by atoms with Crippen molar-refractivity contribution in [2.45, 2.75) is 91.5 Å². The van der Waals surface area contributed by atoms with Crippen molar-refractivity contribution in [3.63, 3.8) is 0 Å². The Morgan fingerprint density at radius 3 is 2.56 bits per heavy atom. The van der Waals surface area contributed by atoms with Crippen LogP contribution in [0.5, 0.6) is 5.75 Å². The number of aromatic nitrogens is 2. The number of carbonyl (C=O) groups is 4. The van der Waals surface area contributed by atoms with Gasteiger partial charge in [-0.1, -0.05) is 39.8 Å². The summed E-state index contributed by atoms with van der Waals surface area (Å²) in [5.41, 5.74) is 9.54. The molecule has 1 saturated heterocycles. The molecule has 6 rings (SSSR count). The number of nitrogens with zero attached hydrogens (tertiary/aromatic N) is 4. The number of esters is 1. The molecule has 4 heterocycles. The van der Waals surface area contributed by atoms with Gasteiger partial charge in [-0.15, -0.1) is 0 Å². The molecule has 2 aromatic heterocycles. The van der Waals surface area contributed by atoms with Crippen LogP contribution in [0, 0.1) is 11.3 Å². The number of rotatable bonds is 7. The highest BCUT2D eigenvalue weighted by Gasteiger charge is 2.37. The standard InChI is InChI=1S/C44H56N6O7/c1-25(2)39(48(7)27(4)51)41(53)46-36-20-28-18-30(21-31(52)19-28)29-14-15-37-33(22-29)34(40(49(37)8)32-12-10-16-45-38(32)26(3)56-9)23-44(5,6)24-57-43(55)35-13-11-17-50(47-35)42(36)54/h10,12,14-16,18-19,21-22,25-26,35-36,39,47,52H,11,13,17,20,23-24H2,1-9H3,(H,46,53)/t26-,35-,36-,39?/m0/s1. The Labute approximate surface area is 334 Å². The van der Waals surface area contributed by atoms with Gasteiger partial charge >= 0.3 is 5.97 Å². The summed E-state index contributed by atoms with van der Waals surface area (Å²) in [6.07, 6.45) is 3.09. The number of carbonyl (C=O) groups excluding carboxylic acids is 4. The zero-order valence-electron chi connectivity index (χ0n) is 34.5. The van der Waals surface area contributed by atoms with Crippen LogP contribution in [0.25, 0.3) is 33.3 Å². The lowest BCUT2D eigenvalue weighted by molar-refractivity contribution is -0.155. The van der Waals surface area contributed by atoms with Gasteiger partial charge in [-0.25, -0.2) is 5.43 Å². The van der Waals surface area contributed by atoms with Gasteiger partial charge in [-0.2, -0.15) is 0 Å². The van der Waals surface area contributed by atoms with Crippen LogP contribution in [0.4, 0.5) is 0 Å². The lowest BCUT2D eigenvalue weighted by Gasteiger charge is -2.36. The number of aryl methyl sites for hydroxylation is 1. The topological polar surface area (TPSA) is 155 Å². The second-order valence-corrected chi connectivity index (χ2v) is 16.7. The highest BCUT2D eigenvalue weighted by Crippen LogP contribution is 2.41. The summed E-state index contributed by atoms with van der Waals surface area (Å²) in [6, 6.07) is 12.7. The van der Waals surface area contributed by atoms with Crippen LogP contribution >= 0.6 is 0 Å². The Kier molecular flexibility index (Phi) is 12.1. The maximum atomic E-state index is 14.4. The van der Waals surface area contributed by atoms with Crippen LogP contribution in [-0.4, -0.2) is 93.7 Å². The SMILES string of the molecule is CO[C@@H](C)c1ncccc1-c1c2c3cc(ccc3n1C)-c1cc(O)cc(c1)C[C@H](NC(=O)C(C(C)C)N(C)C(C)=O)C(=O)N1CCC[C@H](N1)C(=O)OCC(C)(C)C2. The predicted octanol–water partition coefficient (Wildman–Crippen LogP) is 5.47. The van der Waals surface area contributed by atoms with Gasteiger partial charge in [-0.3, -0.25) is 29.2 Å². The van der Waals surface area contributed by atoms with Gasteiger partial charge < -0.3 is 29.4 Å². The van der Waals surface area contributed by atoms with Gasteiger partial charge in [-0.05, 0) is 90.8 Å². The molecule has 0 saturated carbocycles. The van der Waals surface area contributed by atoms with Crippen LogP contribution in [0.2, 0.25) is 0 Å². The predicted molar refractivity (Wildman–Crippen MR) is 218 cm³/mol. The van der Waals surface area contributed by atoms with E-state index in [1.165, 1.54) is 16.8 Å². The average molecular weight is 781 g/mol. The highest BCUT2D eigenvalue weighted by molar-refractivity contribution is 5.96. The number of fused-ring (bicyclic) bond motifs is 6. The molecule has 2 aliphatic rings. The molecule has 6 bridgehead atoms. The molecule has 0 aliphatic carbocycles. The Balaban J connectivity index is 1.51. The Bertz CT molecular complexity index is 2180. The van der Waals surface area contributed by atoms with Crippen molar-refractivity contribution >= 4 is 34.6 Å². The van der Waals surface area contributed by atoms with Crippen molar-refractivity contribution in [2.24, 2.45) is 18.4 Å². The molecule has 4 aromatic rings. The summed E-state index contributed by atoms with van der Waals surface area (Å²) in [6.45, 7) is 11.6. The number of hydrazine groups is 1. The fourth-order valence-corrected chi connectivity index (χ4v) is 8.25. The summed E-state index contributed by atoms with van der Waals surface area (Å²) >= 11 is 0. The minimum Gasteiger partial charge on any atom is -0.508 e. The molecular formula is C44H56N6O7. The number of hydrogen-bond donors (Lipinski definition) is 3. The number of nitrogens with one attached hydrogen (secondary N) is 2. The van der Waals surface area contributed by atoms with Crippen LogP contribution in [0.15, 0.2) is 54.7 Å². The van der Waals surface area contributed by atoms with Crippen molar-refractivity contribution < 1.29 is 33.8 Å². The number of amides is 3. The summed E-state index contributed by atoms with van der Waals surface area (Å²) in [7, 11) is 5.27. The highest BCUT2D eigenvalue weighted by atomic mass is 16.5. The first-order chi connectivity index (χ1) is 27.0. The minimum absolute atomic E-state index is 0.00784. The molecule has 2 aromatic carbocycles. The average Bonchev–Trinajstić information content (AvgIpc) is 3.44. The van der Waals surface area contributed by atoms with E-state index < -0.39 is 41.3 Å². The zero-order chi connectivity index (χ0) is 41.3. The van der Waals surface area contributed by atoms with Gasteiger partial charge in [0.05, 0.1) is 24.1 Å². The maximum absolute atomic E-state index is 14.4. The Hall–Kier alpha value is -5.27. The Morgan fingerprint density at radius 1 is 1.11 bits per heavy atom. The van der Waals surface area contributed by atoms with Gasteiger partial charge in [0, 0.05) is 69.2 Å². The second-order valence-electron chi connectivity index (χ2n) is 16.7. The molecule has 0 radical (unpaired) electrons. The van der Waals surface area contributed by atoms with Crippen molar-refractivity contribution in [3.8, 4) is 28.1 Å². The second kappa shape index (κ2) is 16.7. The first-order valence-corrected chi connectivity index (χ1v) is 19.7. The molecule has 13 nitrogen and oxygen atoms in total. The number of methoxy groups -OCH3 is 1. The van der Waals surface area contributed by atoms with Crippen molar-refractivity contribution in [1.82, 2.24) is 30.2 Å². The quantitative estimate of drug-likeness (QED) is 0.207. The monoisotopic (exact) mass is 780 g/mol. The molecule has 3 amide bonds. The van der Waals surface area contributed by atoms with Crippen LogP contribution in [-0.2, 0) is 48.5 Å². The number of phenolic OH excluding ortho intramolecular Hbond substituents is 1. The fraction of sp³-hybridized carbons (Fsp3) is 0.477. The molecule has 1 unspecified atom stereocenters. The summed E-state index contributed by atoms with van der Waals surface area (Å²) in [4.78, 5) is 60.5. The van der Waals surface area contributed by atoms with Gasteiger partial charge in [0.15, 0.2) is 0 Å². The summed E-state index contributed by atoms with van der Waals surface area (Å²) < 4.78 is 14.0. The lowest BCUT2D eigenvalue weighted by Crippen LogP contribution is -2.62. The van der Waals surface area contributed by atoms with E-state index in [9.17, 15) is 24.3 Å². The first kappa shape index (κ1) is 41.4. The summed E-state index contributed by atoms with van der Waals surface area (Å²) in [5.74, 6) is -1.91. The number of pyridine rings is 1. The van der Waals surface area contributed by atoms with E-state index in [0.717, 1.165) is 44.5 Å². The fourth-order valence-electron chi connectivity index (χ4n) is 8.25. The molecule has 1 fully saturated rings. The smallest absolute Gasteiger partial charge is 0.324 e. The number of cyclic esters (lactones) is 1. The van der Waals surface area contributed by atoms with Crippen molar-refractivity contribution in [3.05, 3.63) is 71.5 Å². The molecule has 3 N–H and O–H groups in total. The molecular weight excluding hydrogens is 725 g/mol. The molecule has 4 atom stereocenters. The van der Waals surface area contributed by atoms with Crippen molar-refractivity contribution in [1.29, 1.82) is 0 Å². The Morgan fingerprint density at radius 2 is 1.86 bits per heavy atom. The number of benzene rings is 2. The van der Waals surface area contributed by atoms with E-state index in [0.29, 0.717) is 31.4 Å². The lowest BCUT2D eigenvalue weighted by atomic mass is 9.84. The third-order valence-electron chi connectivity index (χ3n) is 11.3. The molecule has 2 aliphatic heterocycles. The largest absolute Gasteiger partial charge is 0.508 e.